The summed E-state index contributed by atoms with van der Waals surface area (Å²) in [5.41, 5.74) is 0.460. The van der Waals surface area contributed by atoms with Gasteiger partial charge in [0, 0.05) is 23.7 Å². The SMILES string of the molecule is Fc1cccc(Cl)c1[C@H]1CNCCO1. The maximum atomic E-state index is 13.4. The second-order valence-corrected chi connectivity index (χ2v) is 3.61. The molecule has 0 saturated carbocycles. The van der Waals surface area contributed by atoms with Gasteiger partial charge in [0.1, 0.15) is 5.82 Å². The van der Waals surface area contributed by atoms with E-state index in [1.54, 1.807) is 12.1 Å². The van der Waals surface area contributed by atoms with E-state index >= 15 is 0 Å². The van der Waals surface area contributed by atoms with E-state index in [2.05, 4.69) is 5.32 Å². The Morgan fingerprint density at radius 2 is 2.36 bits per heavy atom. The minimum Gasteiger partial charge on any atom is -0.371 e. The lowest BCUT2D eigenvalue weighted by Crippen LogP contribution is -2.33. The molecule has 1 aliphatic rings. The Kier molecular flexibility index (Phi) is 3.01. The Balaban J connectivity index is 2.29. The Morgan fingerprint density at radius 1 is 1.50 bits per heavy atom. The van der Waals surface area contributed by atoms with Crippen LogP contribution in [-0.2, 0) is 4.74 Å². The zero-order valence-corrected chi connectivity index (χ0v) is 8.35. The van der Waals surface area contributed by atoms with Crippen LogP contribution in [0.4, 0.5) is 4.39 Å². The highest BCUT2D eigenvalue weighted by Gasteiger charge is 2.21. The summed E-state index contributed by atoms with van der Waals surface area (Å²) in [5.74, 6) is -0.300. The van der Waals surface area contributed by atoms with Gasteiger partial charge in [-0.05, 0) is 12.1 Å². The van der Waals surface area contributed by atoms with Crippen LogP contribution >= 0.6 is 11.6 Å². The standard InChI is InChI=1S/C10H11ClFNO/c11-7-2-1-3-8(12)10(7)9-6-13-4-5-14-9/h1-3,9,13H,4-6H2/t9-/m1/s1. The van der Waals surface area contributed by atoms with E-state index in [0.717, 1.165) is 6.54 Å². The molecule has 1 heterocycles. The summed E-state index contributed by atoms with van der Waals surface area (Å²) < 4.78 is 18.9. The van der Waals surface area contributed by atoms with Crippen molar-refractivity contribution < 1.29 is 9.13 Å². The molecule has 1 saturated heterocycles. The van der Waals surface area contributed by atoms with Crippen molar-refractivity contribution in [3.63, 3.8) is 0 Å². The van der Waals surface area contributed by atoms with Gasteiger partial charge in [-0.2, -0.15) is 0 Å². The number of hydrogen-bond acceptors (Lipinski definition) is 2. The summed E-state index contributed by atoms with van der Waals surface area (Å²) in [6.45, 7) is 2.01. The molecule has 0 bridgehead atoms. The molecule has 1 N–H and O–H groups in total. The van der Waals surface area contributed by atoms with Crippen molar-refractivity contribution in [2.45, 2.75) is 6.10 Å². The van der Waals surface area contributed by atoms with Crippen molar-refractivity contribution in [2.24, 2.45) is 0 Å². The van der Waals surface area contributed by atoms with E-state index in [1.165, 1.54) is 6.07 Å². The molecule has 1 fully saturated rings. The molecule has 0 radical (unpaired) electrons. The fourth-order valence-electron chi connectivity index (χ4n) is 1.57. The number of nitrogens with one attached hydrogen (secondary N) is 1. The van der Waals surface area contributed by atoms with E-state index in [9.17, 15) is 4.39 Å². The van der Waals surface area contributed by atoms with Crippen molar-refractivity contribution in [3.05, 3.63) is 34.6 Å². The molecule has 2 rings (SSSR count). The molecule has 0 unspecified atom stereocenters. The van der Waals surface area contributed by atoms with Crippen molar-refractivity contribution in [3.8, 4) is 0 Å². The Hall–Kier alpha value is -0.640. The van der Waals surface area contributed by atoms with Gasteiger partial charge in [-0.15, -0.1) is 0 Å². The normalized spacial score (nSPS) is 22.3. The second kappa shape index (κ2) is 4.26. The first-order chi connectivity index (χ1) is 6.79. The van der Waals surface area contributed by atoms with Gasteiger partial charge in [-0.3, -0.25) is 0 Å². The molecule has 2 nitrogen and oxygen atoms in total. The molecule has 0 aromatic heterocycles. The van der Waals surface area contributed by atoms with Crippen LogP contribution in [0.3, 0.4) is 0 Å². The first-order valence-corrected chi connectivity index (χ1v) is 4.93. The molecule has 0 aliphatic carbocycles. The highest BCUT2D eigenvalue weighted by Crippen LogP contribution is 2.28. The Bertz CT molecular complexity index is 306. The first kappa shape index (κ1) is 9.90. The second-order valence-electron chi connectivity index (χ2n) is 3.20. The van der Waals surface area contributed by atoms with Gasteiger partial charge in [-0.1, -0.05) is 17.7 Å². The van der Waals surface area contributed by atoms with Crippen LogP contribution in [0.1, 0.15) is 11.7 Å². The maximum Gasteiger partial charge on any atom is 0.130 e. The highest BCUT2D eigenvalue weighted by atomic mass is 35.5. The summed E-state index contributed by atoms with van der Waals surface area (Å²) in [6, 6.07) is 4.68. The van der Waals surface area contributed by atoms with Gasteiger partial charge in [0.15, 0.2) is 0 Å². The van der Waals surface area contributed by atoms with Crippen molar-refractivity contribution in [1.29, 1.82) is 0 Å². The minimum absolute atomic E-state index is 0.266. The molecule has 1 aromatic carbocycles. The lowest BCUT2D eigenvalue weighted by atomic mass is 10.1. The summed E-state index contributed by atoms with van der Waals surface area (Å²) in [5, 5.41) is 3.57. The van der Waals surface area contributed by atoms with Crippen LogP contribution in [0.5, 0.6) is 0 Å². The molecule has 14 heavy (non-hydrogen) atoms. The summed E-state index contributed by atoms with van der Waals surface area (Å²) in [4.78, 5) is 0. The lowest BCUT2D eigenvalue weighted by molar-refractivity contribution is 0.0256. The van der Waals surface area contributed by atoms with E-state index in [-0.39, 0.29) is 11.9 Å². The van der Waals surface area contributed by atoms with E-state index in [4.69, 9.17) is 16.3 Å². The van der Waals surface area contributed by atoms with Crippen LogP contribution in [-0.4, -0.2) is 19.7 Å². The monoisotopic (exact) mass is 215 g/mol. The first-order valence-electron chi connectivity index (χ1n) is 4.55. The number of rotatable bonds is 1. The summed E-state index contributed by atoms with van der Waals surface area (Å²) in [6.07, 6.45) is -0.266. The van der Waals surface area contributed by atoms with Gasteiger partial charge >= 0.3 is 0 Å². The van der Waals surface area contributed by atoms with Gasteiger partial charge < -0.3 is 10.1 Å². The Labute approximate surface area is 87.0 Å². The number of hydrogen-bond donors (Lipinski definition) is 1. The van der Waals surface area contributed by atoms with Crippen LogP contribution in [0.2, 0.25) is 5.02 Å². The zero-order valence-electron chi connectivity index (χ0n) is 7.59. The third kappa shape index (κ3) is 1.90. The van der Waals surface area contributed by atoms with Crippen LogP contribution in [0.25, 0.3) is 0 Å². The minimum atomic E-state index is -0.300. The molecule has 1 atom stereocenters. The Morgan fingerprint density at radius 3 is 3.00 bits per heavy atom. The fraction of sp³-hybridized carbons (Fsp3) is 0.400. The van der Waals surface area contributed by atoms with Gasteiger partial charge in [-0.25, -0.2) is 4.39 Å². The van der Waals surface area contributed by atoms with Crippen molar-refractivity contribution in [1.82, 2.24) is 5.32 Å². The molecular formula is C10H11ClFNO. The number of morpholine rings is 1. The number of halogens is 2. The lowest BCUT2D eigenvalue weighted by Gasteiger charge is -2.24. The topological polar surface area (TPSA) is 21.3 Å². The zero-order chi connectivity index (χ0) is 9.97. The summed E-state index contributed by atoms with van der Waals surface area (Å²) >= 11 is 5.92. The molecule has 0 amide bonds. The van der Waals surface area contributed by atoms with Crippen LogP contribution < -0.4 is 5.32 Å². The number of benzene rings is 1. The molecule has 1 aromatic rings. The quantitative estimate of drug-likeness (QED) is 0.775. The van der Waals surface area contributed by atoms with Crippen LogP contribution in [0.15, 0.2) is 18.2 Å². The maximum absolute atomic E-state index is 13.4. The van der Waals surface area contributed by atoms with Crippen molar-refractivity contribution >= 4 is 11.6 Å². The van der Waals surface area contributed by atoms with E-state index in [1.807, 2.05) is 0 Å². The van der Waals surface area contributed by atoms with Crippen LogP contribution in [0, 0.1) is 5.82 Å². The fourth-order valence-corrected chi connectivity index (χ4v) is 1.85. The van der Waals surface area contributed by atoms with E-state index in [0.29, 0.717) is 23.7 Å². The van der Waals surface area contributed by atoms with Gasteiger partial charge in [0.2, 0.25) is 0 Å². The predicted molar refractivity (Wildman–Crippen MR) is 53.0 cm³/mol. The highest BCUT2D eigenvalue weighted by molar-refractivity contribution is 6.31. The molecule has 1 aliphatic heterocycles. The van der Waals surface area contributed by atoms with Gasteiger partial charge in [0.05, 0.1) is 12.7 Å². The average Bonchev–Trinajstić information content (AvgIpc) is 2.19. The molecule has 0 spiro atoms. The van der Waals surface area contributed by atoms with Gasteiger partial charge in [0.25, 0.3) is 0 Å². The molecular weight excluding hydrogens is 205 g/mol. The molecule has 4 heteroatoms. The third-order valence-electron chi connectivity index (χ3n) is 2.25. The van der Waals surface area contributed by atoms with Crippen molar-refractivity contribution in [2.75, 3.05) is 19.7 Å². The smallest absolute Gasteiger partial charge is 0.130 e. The predicted octanol–water partition coefficient (Wildman–Crippen LogP) is 2.14. The summed E-state index contributed by atoms with van der Waals surface area (Å²) in [7, 11) is 0. The number of ether oxygens (including phenoxy) is 1. The average molecular weight is 216 g/mol. The van der Waals surface area contributed by atoms with E-state index < -0.39 is 0 Å². The largest absolute Gasteiger partial charge is 0.371 e. The third-order valence-corrected chi connectivity index (χ3v) is 2.58. The molecule has 76 valence electrons.